The number of methoxy groups -OCH3 is 3. The summed E-state index contributed by atoms with van der Waals surface area (Å²) >= 11 is 0. The molecule has 0 aliphatic rings. The van der Waals surface area contributed by atoms with Gasteiger partial charge >= 0.3 is 0 Å². The minimum atomic E-state index is -0.587. The molecule has 3 aromatic carbocycles. The quantitative estimate of drug-likeness (QED) is 0.375. The molecule has 0 radical (unpaired) electrons. The summed E-state index contributed by atoms with van der Waals surface area (Å²) in [4.78, 5) is 39.4. The molecular weight excluding hydrogens is 467 g/mol. The first-order valence-corrected chi connectivity index (χ1v) is 10.9. The molecule has 184 valence electrons. The standard InChI is InChI=1S/C27H23FN2O6/c1-34-19-8-9-24-22(13-19)27(33)23(26(32)16-4-6-17(28)7-5-16)14-30(24)15-25(31)29-18-10-20(35-2)12-21(11-18)36-3/h4-14H,15H2,1-3H3,(H,29,31). The van der Waals surface area contributed by atoms with Crippen LogP contribution in [0.5, 0.6) is 17.2 Å². The van der Waals surface area contributed by atoms with Crippen molar-refractivity contribution >= 4 is 28.3 Å². The first kappa shape index (κ1) is 24.5. The van der Waals surface area contributed by atoms with Gasteiger partial charge in [-0.1, -0.05) is 0 Å². The summed E-state index contributed by atoms with van der Waals surface area (Å²) in [5, 5.41) is 2.99. The molecule has 0 unspecified atom stereocenters. The van der Waals surface area contributed by atoms with E-state index in [4.69, 9.17) is 14.2 Å². The van der Waals surface area contributed by atoms with Gasteiger partial charge in [-0.25, -0.2) is 4.39 Å². The van der Waals surface area contributed by atoms with Crippen LogP contribution in [0.3, 0.4) is 0 Å². The highest BCUT2D eigenvalue weighted by atomic mass is 19.1. The number of rotatable bonds is 8. The Hall–Kier alpha value is -4.66. The number of pyridine rings is 1. The summed E-state index contributed by atoms with van der Waals surface area (Å²) in [5.41, 5.74) is 0.363. The fraction of sp³-hybridized carbons (Fsp3) is 0.148. The molecule has 1 aromatic heterocycles. The van der Waals surface area contributed by atoms with Gasteiger partial charge in [0, 0.05) is 35.6 Å². The molecule has 4 rings (SSSR count). The Morgan fingerprint density at radius 1 is 0.861 bits per heavy atom. The first-order chi connectivity index (χ1) is 17.3. The second-order valence-electron chi connectivity index (χ2n) is 7.87. The van der Waals surface area contributed by atoms with E-state index < -0.39 is 22.9 Å². The Morgan fingerprint density at radius 2 is 1.50 bits per heavy atom. The van der Waals surface area contributed by atoms with Gasteiger partial charge in [0.05, 0.1) is 37.8 Å². The number of carbonyl (C=O) groups is 2. The van der Waals surface area contributed by atoms with E-state index in [-0.39, 0.29) is 23.1 Å². The molecule has 0 fully saturated rings. The summed E-state index contributed by atoms with van der Waals surface area (Å²) in [6.45, 7) is -0.202. The lowest BCUT2D eigenvalue weighted by Crippen LogP contribution is -2.24. The average molecular weight is 490 g/mol. The van der Waals surface area contributed by atoms with E-state index in [2.05, 4.69) is 5.32 Å². The highest BCUT2D eigenvalue weighted by Crippen LogP contribution is 2.26. The van der Waals surface area contributed by atoms with E-state index in [1.54, 1.807) is 30.3 Å². The second kappa shape index (κ2) is 10.3. The van der Waals surface area contributed by atoms with Gasteiger partial charge in [-0.3, -0.25) is 14.4 Å². The second-order valence-corrected chi connectivity index (χ2v) is 7.87. The molecule has 9 heteroatoms. The molecule has 0 saturated heterocycles. The van der Waals surface area contributed by atoms with Crippen LogP contribution in [-0.2, 0) is 11.3 Å². The zero-order valence-corrected chi connectivity index (χ0v) is 19.8. The maximum Gasteiger partial charge on any atom is 0.244 e. The molecule has 4 aromatic rings. The maximum atomic E-state index is 13.4. The third-order valence-electron chi connectivity index (χ3n) is 5.59. The topological polar surface area (TPSA) is 95.9 Å². The molecule has 0 aliphatic heterocycles. The van der Waals surface area contributed by atoms with Crippen LogP contribution in [-0.4, -0.2) is 37.6 Å². The van der Waals surface area contributed by atoms with Gasteiger partial charge in [0.15, 0.2) is 5.78 Å². The molecule has 1 heterocycles. The molecule has 36 heavy (non-hydrogen) atoms. The number of anilines is 1. The molecule has 1 amide bonds. The van der Waals surface area contributed by atoms with Crippen molar-refractivity contribution in [2.24, 2.45) is 0 Å². The van der Waals surface area contributed by atoms with Crippen molar-refractivity contribution in [1.29, 1.82) is 0 Å². The zero-order valence-electron chi connectivity index (χ0n) is 19.8. The molecule has 1 N–H and O–H groups in total. The van der Waals surface area contributed by atoms with Gasteiger partial charge in [0.25, 0.3) is 0 Å². The van der Waals surface area contributed by atoms with Crippen molar-refractivity contribution < 1.29 is 28.2 Å². The summed E-state index contributed by atoms with van der Waals surface area (Å²) < 4.78 is 30.6. The first-order valence-electron chi connectivity index (χ1n) is 10.9. The Morgan fingerprint density at radius 3 is 2.11 bits per heavy atom. The Balaban J connectivity index is 1.75. The maximum absolute atomic E-state index is 13.4. The normalized spacial score (nSPS) is 10.7. The van der Waals surface area contributed by atoms with Gasteiger partial charge < -0.3 is 24.1 Å². The number of amides is 1. The van der Waals surface area contributed by atoms with Gasteiger partial charge in [-0.05, 0) is 42.5 Å². The predicted molar refractivity (Wildman–Crippen MR) is 133 cm³/mol. The van der Waals surface area contributed by atoms with Crippen molar-refractivity contribution in [2.75, 3.05) is 26.6 Å². The number of hydrogen-bond donors (Lipinski definition) is 1. The smallest absolute Gasteiger partial charge is 0.244 e. The van der Waals surface area contributed by atoms with Crippen LogP contribution in [0, 0.1) is 5.82 Å². The van der Waals surface area contributed by atoms with Crippen LogP contribution >= 0.6 is 0 Å². The average Bonchev–Trinajstić information content (AvgIpc) is 2.89. The fourth-order valence-corrected chi connectivity index (χ4v) is 3.79. The van der Waals surface area contributed by atoms with Gasteiger partial charge in [-0.2, -0.15) is 0 Å². The lowest BCUT2D eigenvalue weighted by Gasteiger charge is -2.15. The Labute approximate surface area is 205 Å². The largest absolute Gasteiger partial charge is 0.497 e. The lowest BCUT2D eigenvalue weighted by atomic mass is 10.0. The van der Waals surface area contributed by atoms with Crippen molar-refractivity contribution in [2.45, 2.75) is 6.54 Å². The molecule has 0 atom stereocenters. The SMILES string of the molecule is COc1cc(NC(=O)Cn2cc(C(=O)c3ccc(F)cc3)c(=O)c3cc(OC)ccc32)cc(OC)c1. The number of halogens is 1. The van der Waals surface area contributed by atoms with Crippen molar-refractivity contribution in [3.8, 4) is 17.2 Å². The summed E-state index contributed by atoms with van der Waals surface area (Å²) in [5.74, 6) is -0.0818. The van der Waals surface area contributed by atoms with Crippen molar-refractivity contribution in [3.63, 3.8) is 0 Å². The van der Waals surface area contributed by atoms with Gasteiger partial charge in [0.1, 0.15) is 29.6 Å². The zero-order chi connectivity index (χ0) is 25.8. The summed E-state index contributed by atoms with van der Waals surface area (Å²) in [7, 11) is 4.46. The van der Waals surface area contributed by atoms with Crippen molar-refractivity contribution in [1.82, 2.24) is 4.57 Å². The minimum Gasteiger partial charge on any atom is -0.497 e. The summed E-state index contributed by atoms with van der Waals surface area (Å²) in [6, 6.07) is 14.7. The number of aromatic nitrogens is 1. The number of carbonyl (C=O) groups excluding carboxylic acids is 2. The highest BCUT2D eigenvalue weighted by Gasteiger charge is 2.19. The number of benzene rings is 3. The van der Waals surface area contributed by atoms with E-state index in [1.807, 2.05) is 0 Å². The molecule has 0 saturated carbocycles. The number of ketones is 1. The van der Waals surface area contributed by atoms with Gasteiger partial charge in [0.2, 0.25) is 11.3 Å². The number of ether oxygens (including phenoxy) is 3. The van der Waals surface area contributed by atoms with E-state index >= 15 is 0 Å². The molecule has 0 spiro atoms. The van der Waals surface area contributed by atoms with E-state index in [1.165, 1.54) is 50.3 Å². The molecule has 8 nitrogen and oxygen atoms in total. The molecular formula is C27H23FN2O6. The monoisotopic (exact) mass is 490 g/mol. The van der Waals surface area contributed by atoms with Crippen LogP contribution in [0.1, 0.15) is 15.9 Å². The van der Waals surface area contributed by atoms with Crippen LogP contribution < -0.4 is 25.0 Å². The predicted octanol–water partition coefficient (Wildman–Crippen LogP) is 4.04. The van der Waals surface area contributed by atoms with Crippen LogP contribution in [0.2, 0.25) is 0 Å². The number of hydrogen-bond acceptors (Lipinski definition) is 6. The summed E-state index contributed by atoms with van der Waals surface area (Å²) in [6.07, 6.45) is 1.34. The van der Waals surface area contributed by atoms with Crippen LogP contribution in [0.25, 0.3) is 10.9 Å². The molecule has 0 aliphatic carbocycles. The number of fused-ring (bicyclic) bond motifs is 1. The third kappa shape index (κ3) is 5.05. The minimum absolute atomic E-state index is 0.148. The van der Waals surface area contributed by atoms with Crippen molar-refractivity contribution in [3.05, 3.63) is 94.0 Å². The van der Waals surface area contributed by atoms with E-state index in [0.717, 1.165) is 12.1 Å². The fourth-order valence-electron chi connectivity index (χ4n) is 3.79. The van der Waals surface area contributed by atoms with Crippen LogP contribution in [0.15, 0.2) is 71.7 Å². The third-order valence-corrected chi connectivity index (χ3v) is 5.59. The van der Waals surface area contributed by atoms with E-state index in [0.29, 0.717) is 28.5 Å². The number of nitrogens with zero attached hydrogens (tertiary/aromatic N) is 1. The lowest BCUT2D eigenvalue weighted by molar-refractivity contribution is -0.116. The number of nitrogens with one attached hydrogen (secondary N) is 1. The van der Waals surface area contributed by atoms with E-state index in [9.17, 15) is 18.8 Å². The highest BCUT2D eigenvalue weighted by molar-refractivity contribution is 6.10. The Bertz CT molecular complexity index is 1490. The van der Waals surface area contributed by atoms with Crippen LogP contribution in [0.4, 0.5) is 10.1 Å². The Kier molecular flexibility index (Phi) is 7.00. The van der Waals surface area contributed by atoms with Gasteiger partial charge in [-0.15, -0.1) is 0 Å². The molecule has 0 bridgehead atoms.